The zero-order chi connectivity index (χ0) is 14.8. The Hall–Kier alpha value is -1.39. The first kappa shape index (κ1) is 14.5. The van der Waals surface area contributed by atoms with Crippen LogP contribution >= 0.6 is 0 Å². The summed E-state index contributed by atoms with van der Waals surface area (Å²) < 4.78 is 0. The average molecular weight is 288 g/mol. The molecule has 0 aliphatic carbocycles. The van der Waals surface area contributed by atoms with Gasteiger partial charge in [0.2, 0.25) is 5.91 Å². The zero-order valence-corrected chi connectivity index (χ0v) is 12.5. The number of hydrogen-bond acceptors (Lipinski definition) is 3. The van der Waals surface area contributed by atoms with Gasteiger partial charge in [-0.05, 0) is 38.3 Å². The van der Waals surface area contributed by atoms with Crippen molar-refractivity contribution >= 4 is 5.91 Å². The third-order valence-corrected chi connectivity index (χ3v) is 5.15. The first-order valence-electron chi connectivity index (χ1n) is 7.87. The van der Waals surface area contributed by atoms with Gasteiger partial charge in [0.05, 0.1) is 12.5 Å². The summed E-state index contributed by atoms with van der Waals surface area (Å²) in [5, 5.41) is 12.7. The third kappa shape index (κ3) is 2.97. The van der Waals surface area contributed by atoms with Crippen molar-refractivity contribution in [1.82, 2.24) is 10.2 Å². The van der Waals surface area contributed by atoms with Crippen LogP contribution in [-0.4, -0.2) is 47.7 Å². The number of rotatable bonds is 4. The lowest BCUT2D eigenvalue weighted by Crippen LogP contribution is -2.49. The number of nitrogens with one attached hydrogen (secondary N) is 1. The molecule has 1 unspecified atom stereocenters. The number of aliphatic hydroxyl groups is 1. The van der Waals surface area contributed by atoms with Crippen LogP contribution in [0.25, 0.3) is 0 Å². The SMILES string of the molecule is CN1[C@H]2CC[C@H]1CC(NC(=O)C(CO)c1ccccc1)C2. The molecule has 2 N–H and O–H groups in total. The number of amides is 1. The molecule has 0 aromatic heterocycles. The summed E-state index contributed by atoms with van der Waals surface area (Å²) in [6.07, 6.45) is 4.56. The fraction of sp³-hybridized carbons (Fsp3) is 0.588. The summed E-state index contributed by atoms with van der Waals surface area (Å²) in [7, 11) is 2.20. The lowest BCUT2D eigenvalue weighted by Gasteiger charge is -2.37. The standard InChI is InChI=1S/C17H24N2O2/c1-19-14-7-8-15(19)10-13(9-14)18-17(21)16(11-20)12-5-3-2-4-6-12/h2-6,13-16,20H,7-11H2,1H3,(H,18,21)/t14-,15-,16?/m0/s1. The van der Waals surface area contributed by atoms with E-state index in [9.17, 15) is 9.90 Å². The number of nitrogens with zero attached hydrogens (tertiary/aromatic N) is 1. The molecule has 21 heavy (non-hydrogen) atoms. The van der Waals surface area contributed by atoms with Gasteiger partial charge in [0, 0.05) is 18.1 Å². The lowest BCUT2D eigenvalue weighted by atomic mass is 9.95. The minimum atomic E-state index is -0.455. The Balaban J connectivity index is 1.63. The van der Waals surface area contributed by atoms with E-state index in [1.165, 1.54) is 12.8 Å². The smallest absolute Gasteiger partial charge is 0.230 e. The molecule has 0 radical (unpaired) electrons. The summed E-state index contributed by atoms with van der Waals surface area (Å²) in [5.74, 6) is -0.499. The molecule has 2 fully saturated rings. The van der Waals surface area contributed by atoms with E-state index in [1.54, 1.807) is 0 Å². The van der Waals surface area contributed by atoms with Crippen LogP contribution < -0.4 is 5.32 Å². The highest BCUT2D eigenvalue weighted by molar-refractivity contribution is 5.84. The van der Waals surface area contributed by atoms with E-state index in [0.717, 1.165) is 18.4 Å². The number of carbonyl (C=O) groups excluding carboxylic acids is 1. The van der Waals surface area contributed by atoms with Gasteiger partial charge in [0.15, 0.2) is 0 Å². The van der Waals surface area contributed by atoms with Crippen LogP contribution in [0.15, 0.2) is 30.3 Å². The van der Waals surface area contributed by atoms with Gasteiger partial charge in [-0.15, -0.1) is 0 Å². The van der Waals surface area contributed by atoms with Crippen molar-refractivity contribution in [3.8, 4) is 0 Å². The Morgan fingerprint density at radius 3 is 2.48 bits per heavy atom. The number of fused-ring (bicyclic) bond motifs is 2. The van der Waals surface area contributed by atoms with Crippen LogP contribution in [-0.2, 0) is 4.79 Å². The molecule has 4 heteroatoms. The van der Waals surface area contributed by atoms with Crippen molar-refractivity contribution in [2.45, 2.75) is 49.7 Å². The number of carbonyl (C=O) groups is 1. The highest BCUT2D eigenvalue weighted by atomic mass is 16.3. The second-order valence-electron chi connectivity index (χ2n) is 6.37. The number of hydrogen-bond donors (Lipinski definition) is 2. The van der Waals surface area contributed by atoms with E-state index in [4.69, 9.17) is 0 Å². The minimum Gasteiger partial charge on any atom is -0.395 e. The van der Waals surface area contributed by atoms with Gasteiger partial charge in [-0.25, -0.2) is 0 Å². The summed E-state index contributed by atoms with van der Waals surface area (Å²) in [5.41, 5.74) is 0.883. The zero-order valence-electron chi connectivity index (χ0n) is 12.5. The van der Waals surface area contributed by atoms with E-state index in [2.05, 4.69) is 17.3 Å². The fourth-order valence-electron chi connectivity index (χ4n) is 3.86. The second kappa shape index (κ2) is 6.16. The Kier molecular flexibility index (Phi) is 4.27. The summed E-state index contributed by atoms with van der Waals surface area (Å²) in [4.78, 5) is 14.9. The van der Waals surface area contributed by atoms with Crippen molar-refractivity contribution in [2.75, 3.05) is 13.7 Å². The summed E-state index contributed by atoms with van der Waals surface area (Å²) in [6, 6.07) is 11.0. The molecule has 0 saturated carbocycles. The van der Waals surface area contributed by atoms with E-state index in [0.29, 0.717) is 12.1 Å². The molecule has 4 nitrogen and oxygen atoms in total. The minimum absolute atomic E-state index is 0.0438. The second-order valence-corrected chi connectivity index (χ2v) is 6.37. The number of piperidine rings is 1. The molecule has 2 aliphatic rings. The molecule has 2 bridgehead atoms. The van der Waals surface area contributed by atoms with Crippen LogP contribution in [0.2, 0.25) is 0 Å². The predicted octanol–water partition coefficient (Wildman–Crippen LogP) is 1.50. The molecule has 1 amide bonds. The largest absolute Gasteiger partial charge is 0.395 e. The van der Waals surface area contributed by atoms with Gasteiger partial charge in [-0.1, -0.05) is 30.3 Å². The van der Waals surface area contributed by atoms with Gasteiger partial charge in [-0.3, -0.25) is 4.79 Å². The molecule has 2 saturated heterocycles. The maximum Gasteiger partial charge on any atom is 0.230 e. The summed E-state index contributed by atoms with van der Waals surface area (Å²) >= 11 is 0. The van der Waals surface area contributed by atoms with E-state index in [-0.39, 0.29) is 18.6 Å². The molecular formula is C17H24N2O2. The van der Waals surface area contributed by atoms with Gasteiger partial charge < -0.3 is 15.3 Å². The van der Waals surface area contributed by atoms with Crippen molar-refractivity contribution in [3.63, 3.8) is 0 Å². The van der Waals surface area contributed by atoms with Crippen LogP contribution in [0.5, 0.6) is 0 Å². The first-order valence-corrected chi connectivity index (χ1v) is 7.87. The Morgan fingerprint density at radius 1 is 1.29 bits per heavy atom. The molecule has 2 heterocycles. The van der Waals surface area contributed by atoms with Gasteiger partial charge in [0.1, 0.15) is 0 Å². The first-order chi connectivity index (χ1) is 10.2. The lowest BCUT2D eigenvalue weighted by molar-refractivity contribution is -0.124. The Morgan fingerprint density at radius 2 is 1.90 bits per heavy atom. The molecule has 3 rings (SSSR count). The molecule has 1 aromatic carbocycles. The Bertz CT molecular complexity index is 477. The van der Waals surface area contributed by atoms with Crippen molar-refractivity contribution in [2.24, 2.45) is 0 Å². The van der Waals surface area contributed by atoms with Crippen molar-refractivity contribution in [3.05, 3.63) is 35.9 Å². The average Bonchev–Trinajstić information content (AvgIpc) is 2.72. The van der Waals surface area contributed by atoms with Gasteiger partial charge in [0.25, 0.3) is 0 Å². The van der Waals surface area contributed by atoms with Gasteiger partial charge >= 0.3 is 0 Å². The van der Waals surface area contributed by atoms with E-state index >= 15 is 0 Å². The van der Waals surface area contributed by atoms with Crippen LogP contribution in [0.1, 0.15) is 37.2 Å². The molecule has 114 valence electrons. The van der Waals surface area contributed by atoms with Gasteiger partial charge in [-0.2, -0.15) is 0 Å². The van der Waals surface area contributed by atoms with E-state index in [1.807, 2.05) is 30.3 Å². The maximum atomic E-state index is 12.5. The monoisotopic (exact) mass is 288 g/mol. The third-order valence-electron chi connectivity index (χ3n) is 5.15. The topological polar surface area (TPSA) is 52.6 Å². The van der Waals surface area contributed by atoms with Crippen LogP contribution in [0.4, 0.5) is 0 Å². The maximum absolute atomic E-state index is 12.5. The van der Waals surface area contributed by atoms with E-state index < -0.39 is 5.92 Å². The number of aliphatic hydroxyl groups excluding tert-OH is 1. The Labute approximate surface area is 126 Å². The molecule has 2 aliphatic heterocycles. The molecular weight excluding hydrogens is 264 g/mol. The predicted molar refractivity (Wildman–Crippen MR) is 82.0 cm³/mol. The van der Waals surface area contributed by atoms with Crippen LogP contribution in [0.3, 0.4) is 0 Å². The summed E-state index contributed by atoms with van der Waals surface area (Å²) in [6.45, 7) is -0.144. The quantitative estimate of drug-likeness (QED) is 0.883. The van der Waals surface area contributed by atoms with Crippen LogP contribution in [0, 0.1) is 0 Å². The molecule has 0 spiro atoms. The fourth-order valence-corrected chi connectivity index (χ4v) is 3.86. The molecule has 1 aromatic rings. The number of benzene rings is 1. The normalized spacial score (nSPS) is 30.1. The van der Waals surface area contributed by atoms with Crippen molar-refractivity contribution < 1.29 is 9.90 Å². The van der Waals surface area contributed by atoms with Crippen molar-refractivity contribution in [1.29, 1.82) is 0 Å². The molecule has 3 atom stereocenters. The highest BCUT2D eigenvalue weighted by Gasteiger charge is 2.39. The highest BCUT2D eigenvalue weighted by Crippen LogP contribution is 2.34.